The zero-order valence-electron chi connectivity index (χ0n) is 11.9. The maximum atomic E-state index is 12.4. The van der Waals surface area contributed by atoms with E-state index in [1.165, 1.54) is 7.11 Å². The molecule has 1 rings (SSSR count). The van der Waals surface area contributed by atoms with Crippen molar-refractivity contribution in [2.24, 2.45) is 0 Å². The molecule has 118 valence electrons. The van der Waals surface area contributed by atoms with E-state index in [0.29, 0.717) is 0 Å². The number of carbonyl (C=O) groups excluding carboxylic acids is 1. The van der Waals surface area contributed by atoms with Crippen molar-refractivity contribution in [1.82, 2.24) is 14.1 Å². The summed E-state index contributed by atoms with van der Waals surface area (Å²) in [7, 11) is -2.80. The average molecular weight is 319 g/mol. The van der Waals surface area contributed by atoms with E-state index in [1.807, 2.05) is 0 Å². The Hall–Kier alpha value is -1.94. The van der Waals surface area contributed by atoms with E-state index >= 15 is 0 Å². The monoisotopic (exact) mass is 319 g/mol. The highest BCUT2D eigenvalue weighted by atomic mass is 32.2. The molecule has 0 aromatic carbocycles. The lowest BCUT2D eigenvalue weighted by Crippen LogP contribution is -2.40. The highest BCUT2D eigenvalue weighted by Gasteiger charge is 2.30. The lowest BCUT2D eigenvalue weighted by atomic mass is 10.4. The van der Waals surface area contributed by atoms with Gasteiger partial charge in [-0.1, -0.05) is 0 Å². The molecular weight excluding hydrogens is 302 g/mol. The van der Waals surface area contributed by atoms with E-state index in [1.54, 1.807) is 13.8 Å². The summed E-state index contributed by atoms with van der Waals surface area (Å²) in [5.41, 5.74) is 0. The summed E-state index contributed by atoms with van der Waals surface area (Å²) in [6.45, 7) is 2.35. The Morgan fingerprint density at radius 2 is 2.10 bits per heavy atom. The number of carboxylic acids is 1. The molecule has 0 amide bonds. The largest absolute Gasteiger partial charge is 0.480 e. The standard InChI is InChI=1S/C11H17N3O6S/c1-8(2)14(7-11(17)20-3)21(18,19)9-4-12-13(5-9)6-10(15)16/h4-5,8H,6-7H2,1-3H3,(H,15,16). The molecule has 0 unspecified atom stereocenters. The molecule has 1 aromatic rings. The van der Waals surface area contributed by atoms with Crippen molar-refractivity contribution in [2.45, 2.75) is 31.3 Å². The first-order valence-corrected chi connectivity index (χ1v) is 7.45. The normalized spacial score (nSPS) is 11.9. The van der Waals surface area contributed by atoms with Gasteiger partial charge in [0.2, 0.25) is 10.0 Å². The van der Waals surface area contributed by atoms with Crippen molar-refractivity contribution >= 4 is 22.0 Å². The van der Waals surface area contributed by atoms with Crippen LogP contribution < -0.4 is 0 Å². The Balaban J connectivity index is 3.08. The zero-order chi connectivity index (χ0) is 16.2. The summed E-state index contributed by atoms with van der Waals surface area (Å²) >= 11 is 0. The molecule has 0 aliphatic rings. The quantitative estimate of drug-likeness (QED) is 0.675. The summed E-state index contributed by atoms with van der Waals surface area (Å²) in [6.07, 6.45) is 2.15. The van der Waals surface area contributed by atoms with Crippen LogP contribution in [0, 0.1) is 0 Å². The number of sulfonamides is 1. The Kier molecular flexibility index (Phi) is 5.44. The Morgan fingerprint density at radius 3 is 2.57 bits per heavy atom. The second-order valence-electron chi connectivity index (χ2n) is 4.49. The third kappa shape index (κ3) is 4.26. The maximum Gasteiger partial charge on any atom is 0.325 e. The van der Waals surface area contributed by atoms with Gasteiger partial charge in [-0.15, -0.1) is 0 Å². The molecule has 0 saturated carbocycles. The van der Waals surface area contributed by atoms with E-state index < -0.39 is 41.1 Å². The van der Waals surface area contributed by atoms with Gasteiger partial charge in [-0.25, -0.2) is 8.42 Å². The van der Waals surface area contributed by atoms with E-state index in [2.05, 4.69) is 9.84 Å². The van der Waals surface area contributed by atoms with E-state index in [9.17, 15) is 18.0 Å². The number of nitrogens with zero attached hydrogens (tertiary/aromatic N) is 3. The predicted molar refractivity (Wildman–Crippen MR) is 70.9 cm³/mol. The number of aliphatic carboxylic acids is 1. The fourth-order valence-corrected chi connectivity index (χ4v) is 3.11. The van der Waals surface area contributed by atoms with Crippen molar-refractivity contribution in [1.29, 1.82) is 0 Å². The number of esters is 1. The van der Waals surface area contributed by atoms with E-state index in [0.717, 1.165) is 21.4 Å². The first-order valence-electron chi connectivity index (χ1n) is 6.01. The van der Waals surface area contributed by atoms with Crippen LogP contribution in [0.4, 0.5) is 0 Å². The molecule has 0 bridgehead atoms. The van der Waals surface area contributed by atoms with Gasteiger partial charge in [0.05, 0.1) is 13.3 Å². The minimum atomic E-state index is -3.96. The van der Waals surface area contributed by atoms with Crippen LogP contribution in [0.15, 0.2) is 17.3 Å². The fraction of sp³-hybridized carbons (Fsp3) is 0.545. The van der Waals surface area contributed by atoms with Crippen LogP contribution in [-0.2, 0) is 30.9 Å². The smallest absolute Gasteiger partial charge is 0.325 e. The minimum Gasteiger partial charge on any atom is -0.480 e. The second kappa shape index (κ2) is 6.68. The van der Waals surface area contributed by atoms with Gasteiger partial charge >= 0.3 is 11.9 Å². The fourth-order valence-electron chi connectivity index (χ4n) is 1.58. The van der Waals surface area contributed by atoms with Gasteiger partial charge in [0.15, 0.2) is 0 Å². The molecule has 0 fully saturated rings. The third-order valence-electron chi connectivity index (χ3n) is 2.60. The van der Waals surface area contributed by atoms with Crippen LogP contribution in [0.2, 0.25) is 0 Å². The Labute approximate surface area is 122 Å². The SMILES string of the molecule is COC(=O)CN(C(C)C)S(=O)(=O)c1cnn(CC(=O)O)c1. The van der Waals surface area contributed by atoms with Gasteiger partial charge in [0.1, 0.15) is 18.0 Å². The average Bonchev–Trinajstić information content (AvgIpc) is 2.83. The topological polar surface area (TPSA) is 119 Å². The molecule has 0 aliphatic heterocycles. The van der Waals surface area contributed by atoms with Crippen LogP contribution >= 0.6 is 0 Å². The van der Waals surface area contributed by atoms with E-state index in [4.69, 9.17) is 5.11 Å². The predicted octanol–water partition coefficient (Wildman–Crippen LogP) is -0.460. The van der Waals surface area contributed by atoms with Crippen LogP contribution in [0.5, 0.6) is 0 Å². The van der Waals surface area contributed by atoms with Gasteiger partial charge in [0, 0.05) is 12.2 Å². The summed E-state index contributed by atoms with van der Waals surface area (Å²) in [4.78, 5) is 21.7. The second-order valence-corrected chi connectivity index (χ2v) is 6.38. The summed E-state index contributed by atoms with van der Waals surface area (Å²) in [5.74, 6) is -1.83. The lowest BCUT2D eigenvalue weighted by Gasteiger charge is -2.23. The van der Waals surface area contributed by atoms with Gasteiger partial charge in [-0.2, -0.15) is 9.40 Å². The molecule has 1 N–H and O–H groups in total. The van der Waals surface area contributed by atoms with Gasteiger partial charge in [-0.05, 0) is 13.8 Å². The molecule has 1 aromatic heterocycles. The van der Waals surface area contributed by atoms with Gasteiger partial charge in [-0.3, -0.25) is 14.3 Å². The number of rotatable bonds is 7. The van der Waals surface area contributed by atoms with Crippen molar-refractivity contribution in [3.63, 3.8) is 0 Å². The number of hydrogen-bond acceptors (Lipinski definition) is 6. The number of methoxy groups -OCH3 is 1. The first-order chi connectivity index (χ1) is 9.68. The Bertz CT molecular complexity index is 622. The summed E-state index contributed by atoms with van der Waals surface area (Å²) < 4.78 is 31.3. The molecular formula is C11H17N3O6S. The van der Waals surface area contributed by atoms with Crippen molar-refractivity contribution in [3.8, 4) is 0 Å². The number of carbonyl (C=O) groups is 2. The number of carboxylic acid groups (broad SMARTS) is 1. The molecule has 0 spiro atoms. The first kappa shape index (κ1) is 17.1. The molecule has 9 nitrogen and oxygen atoms in total. The molecule has 0 saturated heterocycles. The maximum absolute atomic E-state index is 12.4. The lowest BCUT2D eigenvalue weighted by molar-refractivity contribution is -0.141. The minimum absolute atomic E-state index is 0.179. The highest BCUT2D eigenvalue weighted by molar-refractivity contribution is 7.89. The van der Waals surface area contributed by atoms with Crippen LogP contribution in [0.25, 0.3) is 0 Å². The number of ether oxygens (including phenoxy) is 1. The molecule has 0 radical (unpaired) electrons. The highest BCUT2D eigenvalue weighted by Crippen LogP contribution is 2.17. The molecule has 21 heavy (non-hydrogen) atoms. The van der Waals surface area contributed by atoms with Crippen molar-refractivity contribution < 1.29 is 27.9 Å². The van der Waals surface area contributed by atoms with Crippen molar-refractivity contribution in [2.75, 3.05) is 13.7 Å². The zero-order valence-corrected chi connectivity index (χ0v) is 12.7. The summed E-state index contributed by atoms with van der Waals surface area (Å²) in [5, 5.41) is 12.3. The Morgan fingerprint density at radius 1 is 1.48 bits per heavy atom. The third-order valence-corrected chi connectivity index (χ3v) is 4.58. The van der Waals surface area contributed by atoms with Crippen LogP contribution in [0.3, 0.4) is 0 Å². The molecule has 0 atom stereocenters. The number of aromatic nitrogens is 2. The van der Waals surface area contributed by atoms with Crippen LogP contribution in [0.1, 0.15) is 13.8 Å². The molecule has 0 aliphatic carbocycles. The number of hydrogen-bond donors (Lipinski definition) is 1. The van der Waals surface area contributed by atoms with Gasteiger partial charge < -0.3 is 9.84 Å². The van der Waals surface area contributed by atoms with Gasteiger partial charge in [0.25, 0.3) is 0 Å². The molecule has 1 heterocycles. The van der Waals surface area contributed by atoms with Crippen molar-refractivity contribution in [3.05, 3.63) is 12.4 Å². The van der Waals surface area contributed by atoms with Crippen LogP contribution in [-0.4, -0.2) is 59.2 Å². The van der Waals surface area contributed by atoms with E-state index in [-0.39, 0.29) is 4.90 Å². The molecule has 10 heteroatoms. The summed E-state index contributed by atoms with van der Waals surface area (Å²) in [6, 6.07) is -0.475.